The molecule has 1 aromatic rings. The molecule has 1 unspecified atom stereocenters. The Bertz CT molecular complexity index is 316. The van der Waals surface area contributed by atoms with Crippen LogP contribution in [0.25, 0.3) is 0 Å². The minimum atomic E-state index is 0.625. The topological polar surface area (TPSA) is 39.1 Å². The quantitative estimate of drug-likeness (QED) is 0.829. The summed E-state index contributed by atoms with van der Waals surface area (Å²) in [7, 11) is 0. The molecule has 0 radical (unpaired) electrons. The van der Waals surface area contributed by atoms with E-state index in [0.717, 1.165) is 38.5 Å². The first-order valence-corrected chi connectivity index (χ1v) is 6.09. The third-order valence-electron chi connectivity index (χ3n) is 2.86. The van der Waals surface area contributed by atoms with Crippen molar-refractivity contribution in [3.05, 3.63) is 12.3 Å². The SMILES string of the molecule is CC(C)CNc1ccnn1CC1CCOC1. The molecule has 2 heterocycles. The first kappa shape index (κ1) is 11.5. The maximum Gasteiger partial charge on any atom is 0.124 e. The largest absolute Gasteiger partial charge is 0.381 e. The van der Waals surface area contributed by atoms with E-state index in [1.54, 1.807) is 0 Å². The number of anilines is 1. The molecule has 4 heteroatoms. The molecule has 1 N–H and O–H groups in total. The van der Waals surface area contributed by atoms with E-state index in [4.69, 9.17) is 4.74 Å². The molecular formula is C12H21N3O. The summed E-state index contributed by atoms with van der Waals surface area (Å²) in [5.74, 6) is 2.40. The van der Waals surface area contributed by atoms with Gasteiger partial charge in [-0.1, -0.05) is 13.8 Å². The van der Waals surface area contributed by atoms with Gasteiger partial charge in [0.05, 0.1) is 12.8 Å². The summed E-state index contributed by atoms with van der Waals surface area (Å²) in [5.41, 5.74) is 0. The third-order valence-corrected chi connectivity index (χ3v) is 2.86. The Balaban J connectivity index is 1.90. The molecule has 2 rings (SSSR count). The third kappa shape index (κ3) is 2.98. The Hall–Kier alpha value is -1.03. The summed E-state index contributed by atoms with van der Waals surface area (Å²) in [5, 5.41) is 7.78. The van der Waals surface area contributed by atoms with Gasteiger partial charge in [0, 0.05) is 31.7 Å². The normalized spacial score (nSPS) is 20.6. The van der Waals surface area contributed by atoms with Gasteiger partial charge in [0.1, 0.15) is 5.82 Å². The zero-order valence-corrected chi connectivity index (χ0v) is 10.1. The van der Waals surface area contributed by atoms with Crippen molar-refractivity contribution in [3.8, 4) is 0 Å². The Kier molecular flexibility index (Phi) is 3.83. The monoisotopic (exact) mass is 223 g/mol. The fourth-order valence-corrected chi connectivity index (χ4v) is 1.91. The van der Waals surface area contributed by atoms with Gasteiger partial charge in [0.2, 0.25) is 0 Å². The summed E-state index contributed by atoms with van der Waals surface area (Å²) >= 11 is 0. The minimum Gasteiger partial charge on any atom is -0.381 e. The van der Waals surface area contributed by atoms with E-state index in [0.29, 0.717) is 11.8 Å². The fourth-order valence-electron chi connectivity index (χ4n) is 1.91. The van der Waals surface area contributed by atoms with Crippen LogP contribution in [0, 0.1) is 11.8 Å². The molecule has 0 amide bonds. The molecule has 1 aromatic heterocycles. The molecule has 1 saturated heterocycles. The lowest BCUT2D eigenvalue weighted by Gasteiger charge is -2.13. The van der Waals surface area contributed by atoms with E-state index in [-0.39, 0.29) is 0 Å². The van der Waals surface area contributed by atoms with E-state index in [2.05, 4.69) is 28.9 Å². The van der Waals surface area contributed by atoms with Crippen molar-refractivity contribution in [2.45, 2.75) is 26.8 Å². The highest BCUT2D eigenvalue weighted by Gasteiger charge is 2.17. The fraction of sp³-hybridized carbons (Fsp3) is 0.750. The predicted molar refractivity (Wildman–Crippen MR) is 64.5 cm³/mol. The maximum atomic E-state index is 5.38. The van der Waals surface area contributed by atoms with Crippen LogP contribution in [-0.2, 0) is 11.3 Å². The lowest BCUT2D eigenvalue weighted by atomic mass is 10.1. The standard InChI is InChI=1S/C12H21N3O/c1-10(2)7-13-12-3-5-14-15(12)8-11-4-6-16-9-11/h3,5,10-11,13H,4,6-9H2,1-2H3. The number of rotatable bonds is 5. The average molecular weight is 223 g/mol. The highest BCUT2D eigenvalue weighted by Crippen LogP contribution is 2.17. The maximum absolute atomic E-state index is 5.38. The molecular weight excluding hydrogens is 202 g/mol. The minimum absolute atomic E-state index is 0.625. The lowest BCUT2D eigenvalue weighted by Crippen LogP contribution is -2.16. The predicted octanol–water partition coefficient (Wildman–Crippen LogP) is 1.99. The highest BCUT2D eigenvalue weighted by atomic mass is 16.5. The van der Waals surface area contributed by atoms with Gasteiger partial charge in [0.15, 0.2) is 0 Å². The van der Waals surface area contributed by atoms with Crippen LogP contribution in [0.15, 0.2) is 12.3 Å². The average Bonchev–Trinajstić information content (AvgIpc) is 2.87. The Labute approximate surface area is 97.0 Å². The molecule has 16 heavy (non-hydrogen) atoms. The van der Waals surface area contributed by atoms with Gasteiger partial charge >= 0.3 is 0 Å². The number of nitrogens with zero attached hydrogens (tertiary/aromatic N) is 2. The van der Waals surface area contributed by atoms with Gasteiger partial charge in [0.25, 0.3) is 0 Å². The smallest absolute Gasteiger partial charge is 0.124 e. The molecule has 0 spiro atoms. The van der Waals surface area contributed by atoms with Crippen LogP contribution < -0.4 is 5.32 Å². The van der Waals surface area contributed by atoms with Crippen molar-refractivity contribution in [2.75, 3.05) is 25.1 Å². The second-order valence-corrected chi connectivity index (χ2v) is 4.90. The number of aromatic nitrogens is 2. The van der Waals surface area contributed by atoms with E-state index in [1.165, 1.54) is 0 Å². The number of ether oxygens (including phenoxy) is 1. The Morgan fingerprint density at radius 1 is 1.62 bits per heavy atom. The van der Waals surface area contributed by atoms with Crippen molar-refractivity contribution in [1.82, 2.24) is 9.78 Å². The molecule has 1 aliphatic heterocycles. The number of hydrogen-bond donors (Lipinski definition) is 1. The van der Waals surface area contributed by atoms with Gasteiger partial charge in [-0.05, 0) is 12.3 Å². The molecule has 1 fully saturated rings. The van der Waals surface area contributed by atoms with E-state index in [9.17, 15) is 0 Å². The van der Waals surface area contributed by atoms with Crippen molar-refractivity contribution in [3.63, 3.8) is 0 Å². The molecule has 1 aliphatic rings. The van der Waals surface area contributed by atoms with Crippen molar-refractivity contribution in [2.24, 2.45) is 11.8 Å². The van der Waals surface area contributed by atoms with Crippen LogP contribution in [0.1, 0.15) is 20.3 Å². The Morgan fingerprint density at radius 2 is 2.50 bits per heavy atom. The molecule has 0 saturated carbocycles. The van der Waals surface area contributed by atoms with Crippen molar-refractivity contribution in [1.29, 1.82) is 0 Å². The Morgan fingerprint density at radius 3 is 3.19 bits per heavy atom. The summed E-state index contributed by atoms with van der Waals surface area (Å²) < 4.78 is 7.44. The van der Waals surface area contributed by atoms with Gasteiger partial charge < -0.3 is 10.1 Å². The molecule has 90 valence electrons. The summed E-state index contributed by atoms with van der Waals surface area (Å²) in [4.78, 5) is 0. The summed E-state index contributed by atoms with van der Waals surface area (Å²) in [6, 6.07) is 2.04. The summed E-state index contributed by atoms with van der Waals surface area (Å²) in [6.07, 6.45) is 3.02. The van der Waals surface area contributed by atoms with Crippen LogP contribution in [0.5, 0.6) is 0 Å². The van der Waals surface area contributed by atoms with Crippen LogP contribution in [0.3, 0.4) is 0 Å². The molecule has 1 atom stereocenters. The number of hydrogen-bond acceptors (Lipinski definition) is 3. The van der Waals surface area contributed by atoms with Gasteiger partial charge in [-0.15, -0.1) is 0 Å². The van der Waals surface area contributed by atoms with Crippen LogP contribution in [-0.4, -0.2) is 29.5 Å². The van der Waals surface area contributed by atoms with E-state index in [1.807, 2.05) is 12.3 Å². The first-order valence-electron chi connectivity index (χ1n) is 6.09. The van der Waals surface area contributed by atoms with Gasteiger partial charge in [-0.25, -0.2) is 4.68 Å². The highest BCUT2D eigenvalue weighted by molar-refractivity contribution is 5.33. The molecule has 0 bridgehead atoms. The first-order chi connectivity index (χ1) is 7.75. The van der Waals surface area contributed by atoms with Crippen molar-refractivity contribution < 1.29 is 4.74 Å². The zero-order chi connectivity index (χ0) is 11.4. The summed E-state index contributed by atoms with van der Waals surface area (Å²) in [6.45, 7) is 8.15. The molecule has 0 aromatic carbocycles. The van der Waals surface area contributed by atoms with Crippen LogP contribution in [0.2, 0.25) is 0 Å². The lowest BCUT2D eigenvalue weighted by molar-refractivity contribution is 0.181. The molecule has 0 aliphatic carbocycles. The van der Waals surface area contributed by atoms with E-state index >= 15 is 0 Å². The number of nitrogens with one attached hydrogen (secondary N) is 1. The second-order valence-electron chi connectivity index (χ2n) is 4.90. The van der Waals surface area contributed by atoms with Crippen LogP contribution >= 0.6 is 0 Å². The van der Waals surface area contributed by atoms with Crippen LogP contribution in [0.4, 0.5) is 5.82 Å². The van der Waals surface area contributed by atoms with E-state index < -0.39 is 0 Å². The van der Waals surface area contributed by atoms with Crippen molar-refractivity contribution >= 4 is 5.82 Å². The van der Waals surface area contributed by atoms with Gasteiger partial charge in [-0.2, -0.15) is 5.10 Å². The zero-order valence-electron chi connectivity index (χ0n) is 10.1. The second kappa shape index (κ2) is 5.34. The van der Waals surface area contributed by atoms with Gasteiger partial charge in [-0.3, -0.25) is 0 Å². The molecule has 4 nitrogen and oxygen atoms in total.